The van der Waals surface area contributed by atoms with Crippen LogP contribution in [0.15, 0.2) is 0 Å². The highest BCUT2D eigenvalue weighted by atomic mass is 79.9. The zero-order chi connectivity index (χ0) is 12.0. The Morgan fingerprint density at radius 3 is 2.62 bits per heavy atom. The number of carbonyl (C=O) groups is 1. The van der Waals surface area contributed by atoms with E-state index in [-0.39, 0.29) is 11.3 Å². The highest BCUT2D eigenvalue weighted by Crippen LogP contribution is 2.37. The van der Waals surface area contributed by atoms with Gasteiger partial charge in [-0.05, 0) is 31.6 Å². The maximum Gasteiger partial charge on any atom is 0.225 e. The van der Waals surface area contributed by atoms with Crippen LogP contribution in [0.3, 0.4) is 0 Å². The van der Waals surface area contributed by atoms with Crippen molar-refractivity contribution in [2.75, 3.05) is 11.9 Å². The van der Waals surface area contributed by atoms with Gasteiger partial charge in [-0.1, -0.05) is 42.6 Å². The molecule has 0 aliphatic heterocycles. The van der Waals surface area contributed by atoms with Gasteiger partial charge in [0.1, 0.15) is 0 Å². The van der Waals surface area contributed by atoms with Crippen molar-refractivity contribution in [3.05, 3.63) is 0 Å². The van der Waals surface area contributed by atoms with E-state index >= 15 is 0 Å². The van der Waals surface area contributed by atoms with Gasteiger partial charge in [-0.2, -0.15) is 0 Å². The van der Waals surface area contributed by atoms with Gasteiger partial charge >= 0.3 is 0 Å². The molecule has 0 aromatic heterocycles. The second-order valence-electron chi connectivity index (χ2n) is 5.43. The number of carbonyl (C=O) groups excluding carboxylic acids is 1. The summed E-state index contributed by atoms with van der Waals surface area (Å²) in [5, 5.41) is 4.14. The molecule has 1 aliphatic carbocycles. The lowest BCUT2D eigenvalue weighted by Gasteiger charge is -2.22. The predicted octanol–water partition coefficient (Wildman–Crippen LogP) is 3.49. The van der Waals surface area contributed by atoms with E-state index in [4.69, 9.17) is 0 Å². The summed E-state index contributed by atoms with van der Waals surface area (Å²) in [6.07, 6.45) is 6.83. The van der Waals surface area contributed by atoms with E-state index in [0.717, 1.165) is 31.1 Å². The molecule has 0 radical (unpaired) electrons. The molecule has 16 heavy (non-hydrogen) atoms. The number of halogens is 1. The van der Waals surface area contributed by atoms with Crippen LogP contribution in [0.2, 0.25) is 0 Å². The first-order valence-corrected chi connectivity index (χ1v) is 7.55. The van der Waals surface area contributed by atoms with Crippen LogP contribution in [-0.4, -0.2) is 17.8 Å². The summed E-state index contributed by atoms with van der Waals surface area (Å²) >= 11 is 3.47. The standard InChI is InChI=1S/C13H24BrNO/c1-11(10-14)6-5-9-15-12(16)13(2)7-3-4-8-13/h11H,3-10H2,1-2H3,(H,15,16). The molecule has 1 unspecified atom stereocenters. The lowest BCUT2D eigenvalue weighted by Crippen LogP contribution is -2.37. The molecule has 94 valence electrons. The summed E-state index contributed by atoms with van der Waals surface area (Å²) in [4.78, 5) is 12.0. The molecular weight excluding hydrogens is 266 g/mol. The summed E-state index contributed by atoms with van der Waals surface area (Å²) in [6, 6.07) is 0. The molecule has 1 saturated carbocycles. The quantitative estimate of drug-likeness (QED) is 0.589. The van der Waals surface area contributed by atoms with E-state index in [2.05, 4.69) is 35.1 Å². The van der Waals surface area contributed by atoms with Crippen LogP contribution in [0, 0.1) is 11.3 Å². The summed E-state index contributed by atoms with van der Waals surface area (Å²) in [6.45, 7) is 5.18. The first-order valence-electron chi connectivity index (χ1n) is 6.43. The fraction of sp³-hybridized carbons (Fsp3) is 0.923. The number of alkyl halides is 1. The van der Waals surface area contributed by atoms with Crippen LogP contribution < -0.4 is 5.32 Å². The molecule has 2 nitrogen and oxygen atoms in total. The van der Waals surface area contributed by atoms with Crippen LogP contribution in [0.4, 0.5) is 0 Å². The lowest BCUT2D eigenvalue weighted by molar-refractivity contribution is -0.129. The molecule has 1 amide bonds. The van der Waals surface area contributed by atoms with Crippen molar-refractivity contribution in [1.29, 1.82) is 0 Å². The smallest absolute Gasteiger partial charge is 0.225 e. The van der Waals surface area contributed by atoms with Gasteiger partial charge in [0.05, 0.1) is 0 Å². The Balaban J connectivity index is 2.15. The highest BCUT2D eigenvalue weighted by Gasteiger charge is 2.35. The van der Waals surface area contributed by atoms with Crippen molar-refractivity contribution < 1.29 is 4.79 Å². The average molecular weight is 290 g/mol. The maximum absolute atomic E-state index is 12.0. The molecule has 1 aliphatic rings. The minimum Gasteiger partial charge on any atom is -0.356 e. The molecule has 0 saturated heterocycles. The van der Waals surface area contributed by atoms with Gasteiger partial charge in [0.15, 0.2) is 0 Å². The van der Waals surface area contributed by atoms with Crippen molar-refractivity contribution in [2.24, 2.45) is 11.3 Å². The van der Waals surface area contributed by atoms with E-state index < -0.39 is 0 Å². The zero-order valence-corrected chi connectivity index (χ0v) is 12.1. The summed E-state index contributed by atoms with van der Waals surface area (Å²) < 4.78 is 0. The molecule has 1 N–H and O–H groups in total. The van der Waals surface area contributed by atoms with Crippen molar-refractivity contribution in [3.8, 4) is 0 Å². The normalized spacial score (nSPS) is 20.7. The minimum absolute atomic E-state index is 0.0684. The van der Waals surface area contributed by atoms with Crippen LogP contribution >= 0.6 is 15.9 Å². The monoisotopic (exact) mass is 289 g/mol. The van der Waals surface area contributed by atoms with Crippen molar-refractivity contribution in [3.63, 3.8) is 0 Å². The van der Waals surface area contributed by atoms with Gasteiger partial charge in [0, 0.05) is 17.3 Å². The zero-order valence-electron chi connectivity index (χ0n) is 10.5. The third-order valence-corrected chi connectivity index (χ3v) is 4.78. The Morgan fingerprint density at radius 1 is 1.44 bits per heavy atom. The fourth-order valence-corrected chi connectivity index (χ4v) is 2.65. The Labute approximate surface area is 108 Å². The lowest BCUT2D eigenvalue weighted by atomic mass is 9.88. The largest absolute Gasteiger partial charge is 0.356 e. The Hall–Kier alpha value is -0.0500. The second-order valence-corrected chi connectivity index (χ2v) is 6.07. The topological polar surface area (TPSA) is 29.1 Å². The molecule has 0 bridgehead atoms. The van der Waals surface area contributed by atoms with Crippen molar-refractivity contribution in [1.82, 2.24) is 5.32 Å². The first-order chi connectivity index (χ1) is 7.58. The number of hydrogen-bond donors (Lipinski definition) is 1. The summed E-state index contributed by atoms with van der Waals surface area (Å²) in [5.74, 6) is 0.982. The van der Waals surface area contributed by atoms with Gasteiger partial charge in [-0.15, -0.1) is 0 Å². The maximum atomic E-state index is 12.0. The number of rotatable bonds is 6. The van der Waals surface area contributed by atoms with Crippen molar-refractivity contribution in [2.45, 2.75) is 52.4 Å². The van der Waals surface area contributed by atoms with E-state index in [1.807, 2.05) is 0 Å². The minimum atomic E-state index is -0.0684. The molecule has 0 heterocycles. The fourth-order valence-electron chi connectivity index (χ4n) is 2.33. The molecular formula is C13H24BrNO. The molecule has 1 atom stereocenters. The molecule has 0 aromatic rings. The van der Waals surface area contributed by atoms with E-state index in [1.54, 1.807) is 0 Å². The van der Waals surface area contributed by atoms with Crippen LogP contribution in [0.1, 0.15) is 52.4 Å². The Bertz CT molecular complexity index is 224. The summed E-state index contributed by atoms with van der Waals surface area (Å²) in [7, 11) is 0. The molecule has 1 fully saturated rings. The van der Waals surface area contributed by atoms with Crippen LogP contribution in [0.5, 0.6) is 0 Å². The van der Waals surface area contributed by atoms with Gasteiger partial charge in [-0.25, -0.2) is 0 Å². The van der Waals surface area contributed by atoms with E-state index in [1.165, 1.54) is 19.3 Å². The van der Waals surface area contributed by atoms with Gasteiger partial charge in [-0.3, -0.25) is 4.79 Å². The van der Waals surface area contributed by atoms with Crippen LogP contribution in [0.25, 0.3) is 0 Å². The second kappa shape index (κ2) is 6.63. The average Bonchev–Trinajstić information content (AvgIpc) is 2.72. The Kier molecular flexibility index (Phi) is 5.81. The summed E-state index contributed by atoms with van der Waals surface area (Å²) in [5.41, 5.74) is -0.0684. The highest BCUT2D eigenvalue weighted by molar-refractivity contribution is 9.09. The number of hydrogen-bond acceptors (Lipinski definition) is 1. The molecule has 0 spiro atoms. The van der Waals surface area contributed by atoms with E-state index in [0.29, 0.717) is 5.92 Å². The van der Waals surface area contributed by atoms with Crippen LogP contribution in [-0.2, 0) is 4.79 Å². The Morgan fingerprint density at radius 2 is 2.06 bits per heavy atom. The SMILES string of the molecule is CC(CBr)CCCNC(=O)C1(C)CCCC1. The molecule has 0 aromatic carbocycles. The number of amides is 1. The molecule has 3 heteroatoms. The third-order valence-electron chi connectivity index (χ3n) is 3.68. The van der Waals surface area contributed by atoms with E-state index in [9.17, 15) is 4.79 Å². The first kappa shape index (κ1) is 14.0. The number of nitrogens with one attached hydrogen (secondary N) is 1. The van der Waals surface area contributed by atoms with Gasteiger partial charge in [0.25, 0.3) is 0 Å². The predicted molar refractivity (Wildman–Crippen MR) is 71.8 cm³/mol. The van der Waals surface area contributed by atoms with Crippen molar-refractivity contribution >= 4 is 21.8 Å². The molecule has 1 rings (SSSR count). The third kappa shape index (κ3) is 4.08. The van der Waals surface area contributed by atoms with Gasteiger partial charge in [0.2, 0.25) is 5.91 Å². The van der Waals surface area contributed by atoms with Gasteiger partial charge < -0.3 is 5.32 Å².